The molecule has 0 saturated carbocycles. The molecule has 2 aliphatic heterocycles. The van der Waals surface area contributed by atoms with Gasteiger partial charge >= 0.3 is 0 Å². The van der Waals surface area contributed by atoms with Crippen LogP contribution in [-0.2, 0) is 6.54 Å². The predicted molar refractivity (Wildman–Crippen MR) is 132 cm³/mol. The van der Waals surface area contributed by atoms with Crippen molar-refractivity contribution in [2.45, 2.75) is 13.5 Å². The van der Waals surface area contributed by atoms with Crippen LogP contribution in [0.5, 0.6) is 17.2 Å². The van der Waals surface area contributed by atoms with Gasteiger partial charge in [-0.05, 0) is 42.8 Å². The second-order valence-electron chi connectivity index (χ2n) is 8.69. The highest BCUT2D eigenvalue weighted by molar-refractivity contribution is 5.93. The number of aryl methyl sites for hydroxylation is 1. The molecule has 0 N–H and O–H groups in total. The number of imidazole rings is 1. The van der Waals surface area contributed by atoms with E-state index in [-0.39, 0.29) is 18.3 Å². The zero-order valence-corrected chi connectivity index (χ0v) is 19.7. The van der Waals surface area contributed by atoms with E-state index in [0.717, 1.165) is 28.3 Å². The van der Waals surface area contributed by atoms with Crippen molar-refractivity contribution in [3.8, 4) is 34.1 Å². The highest BCUT2D eigenvalue weighted by Gasteiger charge is 2.26. The third kappa shape index (κ3) is 3.88. The second-order valence-corrected chi connectivity index (χ2v) is 8.69. The minimum atomic E-state index is -0.202. The molecular weight excluding hydrogens is 460 g/mol. The van der Waals surface area contributed by atoms with Crippen molar-refractivity contribution in [3.05, 3.63) is 88.9 Å². The molecule has 1 amide bonds. The number of para-hydroxylation sites is 1. The normalized spacial score (nSPS) is 14.1. The summed E-state index contributed by atoms with van der Waals surface area (Å²) in [5, 5.41) is 0. The largest absolute Gasteiger partial charge is 0.491 e. The maximum atomic E-state index is 13.1. The van der Waals surface area contributed by atoms with E-state index in [1.54, 1.807) is 38.7 Å². The van der Waals surface area contributed by atoms with Gasteiger partial charge in [0.15, 0.2) is 11.5 Å². The summed E-state index contributed by atoms with van der Waals surface area (Å²) in [5.41, 5.74) is 3.36. The number of carbonyl (C=O) groups excluding carboxylic acids is 1. The molecule has 6 rings (SSSR count). The Morgan fingerprint density at radius 3 is 2.72 bits per heavy atom. The standard InChI is InChI=1S/C27H24N4O5/c1-18-15-30(16-28-18)21-7-8-22-26(32)29(10-11-31(22)27(21)33)12-13-34-23-5-3-2-4-20(23)19-6-9-24-25(14-19)36-17-35-24/h2-9,14-16H,10-13,17H2,1H3. The molecule has 9 heteroatoms. The van der Waals surface area contributed by atoms with Gasteiger partial charge in [0.1, 0.15) is 23.7 Å². The SMILES string of the molecule is Cc1cn(-c2ccc3n(c2=O)CCN(CCOc2ccccc2-c2ccc4c(c2)OCO4)C3=O)cn1. The second kappa shape index (κ2) is 8.92. The van der Waals surface area contributed by atoms with Crippen molar-refractivity contribution in [1.82, 2.24) is 19.0 Å². The molecule has 2 aromatic heterocycles. The quantitative estimate of drug-likeness (QED) is 0.418. The molecule has 0 spiro atoms. The highest BCUT2D eigenvalue weighted by Crippen LogP contribution is 2.38. The number of pyridine rings is 1. The van der Waals surface area contributed by atoms with Gasteiger partial charge in [0.2, 0.25) is 6.79 Å². The predicted octanol–water partition coefficient (Wildman–Crippen LogP) is 3.27. The minimum Gasteiger partial charge on any atom is -0.491 e. The summed E-state index contributed by atoms with van der Waals surface area (Å²) in [5.74, 6) is 1.98. The molecular formula is C27H24N4O5. The van der Waals surface area contributed by atoms with Crippen LogP contribution in [0.4, 0.5) is 0 Å². The van der Waals surface area contributed by atoms with Crippen molar-refractivity contribution in [3.63, 3.8) is 0 Å². The molecule has 0 unspecified atom stereocenters. The van der Waals surface area contributed by atoms with Crippen LogP contribution in [-0.4, -0.2) is 51.4 Å². The van der Waals surface area contributed by atoms with Crippen LogP contribution in [0.25, 0.3) is 16.8 Å². The van der Waals surface area contributed by atoms with E-state index in [2.05, 4.69) is 4.98 Å². The Morgan fingerprint density at radius 1 is 1.00 bits per heavy atom. The Bertz CT molecular complexity index is 1520. The van der Waals surface area contributed by atoms with E-state index in [1.807, 2.05) is 49.4 Å². The van der Waals surface area contributed by atoms with E-state index in [1.165, 1.54) is 0 Å². The Kier molecular flexibility index (Phi) is 5.44. The lowest BCUT2D eigenvalue weighted by molar-refractivity contribution is 0.0673. The molecule has 0 saturated heterocycles. The molecule has 0 fully saturated rings. The Labute approximate surface area is 207 Å². The monoisotopic (exact) mass is 484 g/mol. The fourth-order valence-electron chi connectivity index (χ4n) is 4.58. The van der Waals surface area contributed by atoms with Gasteiger partial charge in [0.25, 0.3) is 11.5 Å². The number of rotatable bonds is 6. The van der Waals surface area contributed by atoms with Gasteiger partial charge in [0.05, 0.1) is 18.6 Å². The van der Waals surface area contributed by atoms with Crippen LogP contribution in [0.15, 0.2) is 71.9 Å². The Hall–Kier alpha value is -4.53. The van der Waals surface area contributed by atoms with Crippen molar-refractivity contribution >= 4 is 5.91 Å². The molecule has 0 aliphatic carbocycles. The number of aromatic nitrogens is 3. The lowest BCUT2D eigenvalue weighted by Crippen LogP contribution is -2.46. The summed E-state index contributed by atoms with van der Waals surface area (Å²) in [6.45, 7) is 3.68. The van der Waals surface area contributed by atoms with Gasteiger partial charge in [0, 0.05) is 24.8 Å². The molecule has 2 aromatic carbocycles. The molecule has 182 valence electrons. The number of hydrogen-bond donors (Lipinski definition) is 0. The third-order valence-electron chi connectivity index (χ3n) is 6.43. The van der Waals surface area contributed by atoms with Crippen molar-refractivity contribution in [2.75, 3.05) is 26.5 Å². The summed E-state index contributed by atoms with van der Waals surface area (Å²) in [4.78, 5) is 32.1. The topological polar surface area (TPSA) is 87.8 Å². The van der Waals surface area contributed by atoms with E-state index in [4.69, 9.17) is 14.2 Å². The van der Waals surface area contributed by atoms with Crippen molar-refractivity contribution in [2.24, 2.45) is 0 Å². The molecule has 0 radical (unpaired) electrons. The first-order chi connectivity index (χ1) is 17.6. The summed E-state index contributed by atoms with van der Waals surface area (Å²) >= 11 is 0. The first kappa shape index (κ1) is 22.0. The zero-order valence-electron chi connectivity index (χ0n) is 19.7. The Morgan fingerprint density at radius 2 is 1.86 bits per heavy atom. The molecule has 4 aromatic rings. The molecule has 0 atom stereocenters. The van der Waals surface area contributed by atoms with Gasteiger partial charge in [-0.2, -0.15) is 0 Å². The smallest absolute Gasteiger partial charge is 0.275 e. The van der Waals surface area contributed by atoms with Crippen LogP contribution < -0.4 is 19.8 Å². The number of ether oxygens (including phenoxy) is 3. The molecule has 4 heterocycles. The first-order valence-electron chi connectivity index (χ1n) is 11.7. The first-order valence-corrected chi connectivity index (χ1v) is 11.7. The summed E-state index contributed by atoms with van der Waals surface area (Å²) in [6.07, 6.45) is 3.40. The van der Waals surface area contributed by atoms with Crippen LogP contribution in [0.2, 0.25) is 0 Å². The van der Waals surface area contributed by atoms with Gasteiger partial charge in [-0.1, -0.05) is 24.3 Å². The van der Waals surface area contributed by atoms with Gasteiger partial charge < -0.3 is 28.2 Å². The van der Waals surface area contributed by atoms with E-state index < -0.39 is 0 Å². The number of hydrogen-bond acceptors (Lipinski definition) is 6. The molecule has 36 heavy (non-hydrogen) atoms. The number of amides is 1. The van der Waals surface area contributed by atoms with E-state index in [9.17, 15) is 9.59 Å². The maximum Gasteiger partial charge on any atom is 0.275 e. The lowest BCUT2D eigenvalue weighted by Gasteiger charge is -2.29. The average Bonchev–Trinajstić information content (AvgIpc) is 3.54. The fourth-order valence-corrected chi connectivity index (χ4v) is 4.58. The fraction of sp³-hybridized carbons (Fsp3) is 0.222. The summed E-state index contributed by atoms with van der Waals surface area (Å²) < 4.78 is 20.3. The molecule has 2 aliphatic rings. The average molecular weight is 485 g/mol. The van der Waals surface area contributed by atoms with Crippen LogP contribution >= 0.6 is 0 Å². The number of carbonyl (C=O) groups is 1. The maximum absolute atomic E-state index is 13.1. The van der Waals surface area contributed by atoms with E-state index in [0.29, 0.717) is 43.4 Å². The van der Waals surface area contributed by atoms with Gasteiger partial charge in [-0.15, -0.1) is 0 Å². The molecule has 9 nitrogen and oxygen atoms in total. The third-order valence-corrected chi connectivity index (χ3v) is 6.43. The van der Waals surface area contributed by atoms with Crippen LogP contribution in [0.1, 0.15) is 16.2 Å². The van der Waals surface area contributed by atoms with Crippen LogP contribution in [0, 0.1) is 6.92 Å². The van der Waals surface area contributed by atoms with E-state index >= 15 is 0 Å². The highest BCUT2D eigenvalue weighted by atomic mass is 16.7. The summed E-state index contributed by atoms with van der Waals surface area (Å²) in [7, 11) is 0. The number of benzene rings is 2. The summed E-state index contributed by atoms with van der Waals surface area (Å²) in [6, 6.07) is 16.9. The lowest BCUT2D eigenvalue weighted by atomic mass is 10.0. The number of fused-ring (bicyclic) bond motifs is 2. The zero-order chi connectivity index (χ0) is 24.6. The molecule has 0 bridgehead atoms. The van der Waals surface area contributed by atoms with Crippen LogP contribution in [0.3, 0.4) is 0 Å². The minimum absolute atomic E-state index is 0.181. The Balaban J connectivity index is 1.15. The van der Waals surface area contributed by atoms with Crippen molar-refractivity contribution < 1.29 is 19.0 Å². The van der Waals surface area contributed by atoms with Crippen molar-refractivity contribution in [1.29, 1.82) is 0 Å². The number of nitrogens with zero attached hydrogens (tertiary/aromatic N) is 4. The van der Waals surface area contributed by atoms with Gasteiger partial charge in [-0.25, -0.2) is 4.98 Å². The van der Waals surface area contributed by atoms with Gasteiger partial charge in [-0.3, -0.25) is 9.59 Å².